The van der Waals surface area contributed by atoms with Crippen molar-refractivity contribution in [3.63, 3.8) is 0 Å². The summed E-state index contributed by atoms with van der Waals surface area (Å²) in [5.74, 6) is 0.754. The summed E-state index contributed by atoms with van der Waals surface area (Å²) < 4.78 is 23.5. The van der Waals surface area contributed by atoms with Crippen LogP contribution in [0.25, 0.3) is 0 Å². The molecule has 2 N–H and O–H groups in total. The SMILES string of the molecule is C=CC(C)C[C@H](O)c1ccc2c(c1OC)C(=O)OCc1cc(C)cc(OC(O)C3CCCC3)c1O2. The summed E-state index contributed by atoms with van der Waals surface area (Å²) in [4.78, 5) is 13.1. The molecule has 0 bridgehead atoms. The molecule has 35 heavy (non-hydrogen) atoms. The first-order valence-corrected chi connectivity index (χ1v) is 12.2. The molecule has 1 aliphatic heterocycles. The van der Waals surface area contributed by atoms with Crippen molar-refractivity contribution in [3.8, 4) is 23.0 Å². The highest BCUT2D eigenvalue weighted by atomic mass is 16.6. The number of hydrogen-bond acceptors (Lipinski definition) is 7. The molecule has 1 fully saturated rings. The number of esters is 1. The van der Waals surface area contributed by atoms with Crippen LogP contribution in [-0.4, -0.2) is 29.6 Å². The average molecular weight is 483 g/mol. The zero-order chi connectivity index (χ0) is 25.1. The van der Waals surface area contributed by atoms with E-state index in [1.165, 1.54) is 7.11 Å². The van der Waals surface area contributed by atoms with E-state index in [2.05, 4.69) is 6.58 Å². The summed E-state index contributed by atoms with van der Waals surface area (Å²) in [6.07, 6.45) is 4.38. The van der Waals surface area contributed by atoms with E-state index in [0.29, 0.717) is 29.0 Å². The van der Waals surface area contributed by atoms with Crippen molar-refractivity contribution >= 4 is 5.97 Å². The molecule has 0 amide bonds. The van der Waals surface area contributed by atoms with Crippen LogP contribution in [0, 0.1) is 18.8 Å². The number of rotatable bonds is 8. The Morgan fingerprint density at radius 2 is 1.97 bits per heavy atom. The second-order valence-electron chi connectivity index (χ2n) is 9.51. The van der Waals surface area contributed by atoms with Gasteiger partial charge in [-0.2, -0.15) is 0 Å². The maximum Gasteiger partial charge on any atom is 0.346 e. The van der Waals surface area contributed by atoms with Crippen molar-refractivity contribution in [3.05, 3.63) is 59.2 Å². The number of benzene rings is 2. The number of allylic oxidation sites excluding steroid dienone is 1. The first-order chi connectivity index (χ1) is 16.8. The highest BCUT2D eigenvalue weighted by Crippen LogP contribution is 2.45. The molecule has 0 radical (unpaired) electrons. The van der Waals surface area contributed by atoms with Gasteiger partial charge in [-0.3, -0.25) is 0 Å². The summed E-state index contributed by atoms with van der Waals surface area (Å²) in [6.45, 7) is 7.60. The number of carbonyl (C=O) groups excluding carboxylic acids is 1. The van der Waals surface area contributed by atoms with E-state index in [9.17, 15) is 15.0 Å². The summed E-state index contributed by atoms with van der Waals surface area (Å²) >= 11 is 0. The average Bonchev–Trinajstić information content (AvgIpc) is 3.37. The number of aliphatic hydroxyl groups is 2. The number of methoxy groups -OCH3 is 1. The summed E-state index contributed by atoms with van der Waals surface area (Å²) in [5, 5.41) is 21.5. The van der Waals surface area contributed by atoms with Crippen molar-refractivity contribution in [2.45, 2.75) is 65.0 Å². The van der Waals surface area contributed by atoms with Crippen LogP contribution in [0.3, 0.4) is 0 Å². The van der Waals surface area contributed by atoms with E-state index in [-0.39, 0.29) is 35.5 Å². The minimum Gasteiger partial charge on any atom is -0.495 e. The predicted octanol–water partition coefficient (Wildman–Crippen LogP) is 5.60. The molecule has 188 valence electrons. The standard InChI is InChI=1S/C28H34O7/c1-5-16(2)13-21(29)20-10-11-22-24(26(20)32-4)28(31)33-15-19-12-17(3)14-23(25(19)34-22)35-27(30)18-8-6-7-9-18/h5,10-12,14,16,18,21,27,29-30H,1,6-9,13,15H2,2-4H3/t16?,21-,27?/m0/s1. The molecule has 7 heteroatoms. The Hall–Kier alpha value is -3.03. The van der Waals surface area contributed by atoms with Gasteiger partial charge in [0.25, 0.3) is 0 Å². The van der Waals surface area contributed by atoms with Crippen LogP contribution >= 0.6 is 0 Å². The number of fused-ring (bicyclic) bond motifs is 2. The Morgan fingerprint density at radius 3 is 2.66 bits per heavy atom. The van der Waals surface area contributed by atoms with Crippen molar-refractivity contribution in [1.82, 2.24) is 0 Å². The lowest BCUT2D eigenvalue weighted by Gasteiger charge is -2.26. The zero-order valence-corrected chi connectivity index (χ0v) is 20.6. The highest BCUT2D eigenvalue weighted by Gasteiger charge is 2.31. The van der Waals surface area contributed by atoms with Gasteiger partial charge in [0, 0.05) is 17.0 Å². The van der Waals surface area contributed by atoms with Gasteiger partial charge in [-0.05, 0) is 61.9 Å². The number of ether oxygens (including phenoxy) is 4. The smallest absolute Gasteiger partial charge is 0.346 e. The molecule has 7 nitrogen and oxygen atoms in total. The van der Waals surface area contributed by atoms with Gasteiger partial charge in [0.1, 0.15) is 23.7 Å². The fraction of sp³-hybridized carbons (Fsp3) is 0.464. The second-order valence-corrected chi connectivity index (χ2v) is 9.51. The lowest BCUT2D eigenvalue weighted by Crippen LogP contribution is -2.25. The van der Waals surface area contributed by atoms with Crippen molar-refractivity contribution in [2.24, 2.45) is 11.8 Å². The molecule has 1 aliphatic carbocycles. The highest BCUT2D eigenvalue weighted by molar-refractivity contribution is 5.96. The molecule has 4 rings (SSSR count). The van der Waals surface area contributed by atoms with Crippen molar-refractivity contribution < 1.29 is 34.0 Å². The maximum absolute atomic E-state index is 13.1. The molecule has 2 aromatic rings. The normalized spacial score (nSPS) is 18.1. The number of aryl methyl sites for hydroxylation is 1. The monoisotopic (exact) mass is 482 g/mol. The lowest BCUT2D eigenvalue weighted by molar-refractivity contribution is -0.0614. The third-order valence-corrected chi connectivity index (χ3v) is 6.81. The minimum atomic E-state index is -0.946. The van der Waals surface area contributed by atoms with E-state index in [4.69, 9.17) is 18.9 Å². The van der Waals surface area contributed by atoms with Gasteiger partial charge in [-0.1, -0.05) is 25.8 Å². The quantitative estimate of drug-likeness (QED) is 0.287. The minimum absolute atomic E-state index is 0.0331. The molecule has 2 unspecified atom stereocenters. The van der Waals surface area contributed by atoms with Crippen LogP contribution in [0.2, 0.25) is 0 Å². The van der Waals surface area contributed by atoms with E-state index in [1.807, 2.05) is 26.0 Å². The van der Waals surface area contributed by atoms with Gasteiger partial charge in [-0.25, -0.2) is 4.79 Å². The Balaban J connectivity index is 1.74. The molecule has 2 aromatic carbocycles. The third kappa shape index (κ3) is 5.31. The van der Waals surface area contributed by atoms with Crippen LogP contribution in [0.15, 0.2) is 36.9 Å². The molecule has 1 heterocycles. The molecular weight excluding hydrogens is 448 g/mol. The fourth-order valence-electron chi connectivity index (χ4n) is 4.83. The Bertz CT molecular complexity index is 1090. The van der Waals surface area contributed by atoms with Gasteiger partial charge in [0.15, 0.2) is 17.8 Å². The van der Waals surface area contributed by atoms with Crippen molar-refractivity contribution in [1.29, 1.82) is 0 Å². The van der Waals surface area contributed by atoms with Crippen LogP contribution < -0.4 is 14.2 Å². The van der Waals surface area contributed by atoms with E-state index in [1.54, 1.807) is 18.2 Å². The predicted molar refractivity (Wildman–Crippen MR) is 131 cm³/mol. The number of cyclic esters (lactones) is 1. The van der Waals surface area contributed by atoms with Gasteiger partial charge in [-0.15, -0.1) is 6.58 Å². The number of hydrogen-bond donors (Lipinski definition) is 2. The van der Waals surface area contributed by atoms with Gasteiger partial charge in [0.2, 0.25) is 0 Å². The summed E-state index contributed by atoms with van der Waals surface area (Å²) in [6, 6.07) is 7.00. The molecule has 0 saturated heterocycles. The molecule has 2 aliphatic rings. The van der Waals surface area contributed by atoms with Crippen LogP contribution in [0.4, 0.5) is 0 Å². The largest absolute Gasteiger partial charge is 0.495 e. The number of aliphatic hydroxyl groups excluding tert-OH is 2. The molecular formula is C28H34O7. The Kier molecular flexibility index (Phi) is 7.67. The zero-order valence-electron chi connectivity index (χ0n) is 20.6. The van der Waals surface area contributed by atoms with E-state index in [0.717, 1.165) is 31.2 Å². The summed E-state index contributed by atoms with van der Waals surface area (Å²) in [7, 11) is 1.44. The fourth-order valence-corrected chi connectivity index (χ4v) is 4.83. The summed E-state index contributed by atoms with van der Waals surface area (Å²) in [5.41, 5.74) is 2.10. The van der Waals surface area contributed by atoms with Crippen LogP contribution in [0.5, 0.6) is 23.0 Å². The van der Waals surface area contributed by atoms with Gasteiger partial charge in [0.05, 0.1) is 13.2 Å². The van der Waals surface area contributed by atoms with Crippen LogP contribution in [-0.2, 0) is 11.3 Å². The topological polar surface area (TPSA) is 94.5 Å². The molecule has 0 spiro atoms. The number of carbonyl (C=O) groups is 1. The van der Waals surface area contributed by atoms with Crippen molar-refractivity contribution in [2.75, 3.05) is 7.11 Å². The maximum atomic E-state index is 13.1. The van der Waals surface area contributed by atoms with Gasteiger partial charge < -0.3 is 29.2 Å². The Labute approximate surface area is 206 Å². The molecule has 3 atom stereocenters. The Morgan fingerprint density at radius 1 is 1.23 bits per heavy atom. The van der Waals surface area contributed by atoms with Gasteiger partial charge >= 0.3 is 5.97 Å². The van der Waals surface area contributed by atoms with E-state index < -0.39 is 18.4 Å². The third-order valence-electron chi connectivity index (χ3n) is 6.81. The second kappa shape index (κ2) is 10.7. The first kappa shape index (κ1) is 25.1. The first-order valence-electron chi connectivity index (χ1n) is 12.2. The van der Waals surface area contributed by atoms with Crippen LogP contribution in [0.1, 0.15) is 72.2 Å². The molecule has 0 aromatic heterocycles. The molecule has 1 saturated carbocycles. The van der Waals surface area contributed by atoms with E-state index >= 15 is 0 Å². The lowest BCUT2D eigenvalue weighted by atomic mass is 9.95.